The summed E-state index contributed by atoms with van der Waals surface area (Å²) in [4.78, 5) is 6.14. The van der Waals surface area contributed by atoms with Gasteiger partial charge in [-0.15, -0.1) is 22.7 Å². The van der Waals surface area contributed by atoms with Crippen molar-refractivity contribution in [1.29, 1.82) is 0 Å². The summed E-state index contributed by atoms with van der Waals surface area (Å²) in [6.45, 7) is 3.27. The summed E-state index contributed by atoms with van der Waals surface area (Å²) < 4.78 is 11.1. The first kappa shape index (κ1) is 20.6. The van der Waals surface area contributed by atoms with Gasteiger partial charge in [-0.3, -0.25) is 5.32 Å². The third kappa shape index (κ3) is 4.73. The first-order valence-corrected chi connectivity index (χ1v) is 11.6. The Balaban J connectivity index is 1.50. The van der Waals surface area contributed by atoms with Crippen molar-refractivity contribution in [2.45, 2.75) is 19.5 Å². The molecule has 4 rings (SSSR count). The van der Waals surface area contributed by atoms with Crippen molar-refractivity contribution in [1.82, 2.24) is 10.3 Å². The average Bonchev–Trinajstić information content (AvgIpc) is 3.48. The van der Waals surface area contributed by atoms with Crippen LogP contribution in [0.5, 0.6) is 11.5 Å². The molecule has 4 nitrogen and oxygen atoms in total. The van der Waals surface area contributed by atoms with Gasteiger partial charge in [0.15, 0.2) is 11.5 Å². The maximum absolute atomic E-state index is 5.62. The Bertz CT molecular complexity index is 1060. The summed E-state index contributed by atoms with van der Waals surface area (Å²) in [6.07, 6.45) is 0. The summed E-state index contributed by atoms with van der Waals surface area (Å²) in [6, 6.07) is 20.9. The van der Waals surface area contributed by atoms with Gasteiger partial charge in [0.05, 0.1) is 25.5 Å². The lowest BCUT2D eigenvalue weighted by Crippen LogP contribution is -2.21. The molecule has 0 amide bonds. The maximum Gasteiger partial charge on any atom is 0.161 e. The van der Waals surface area contributed by atoms with Gasteiger partial charge in [-0.1, -0.05) is 36.4 Å². The lowest BCUT2D eigenvalue weighted by Gasteiger charge is -2.17. The molecule has 0 fully saturated rings. The van der Waals surface area contributed by atoms with E-state index in [9.17, 15) is 0 Å². The normalized spacial score (nSPS) is 11.9. The fourth-order valence-corrected chi connectivity index (χ4v) is 4.93. The Kier molecular flexibility index (Phi) is 6.79. The van der Waals surface area contributed by atoms with Gasteiger partial charge in [0.2, 0.25) is 0 Å². The quantitative estimate of drug-likeness (QED) is 0.341. The van der Waals surface area contributed by atoms with Crippen LogP contribution in [0.3, 0.4) is 0 Å². The number of ether oxygens (including phenoxy) is 2. The van der Waals surface area contributed by atoms with Crippen molar-refractivity contribution in [2.24, 2.45) is 0 Å². The molecule has 154 valence electrons. The third-order valence-electron chi connectivity index (χ3n) is 4.71. The molecule has 2 aromatic heterocycles. The van der Waals surface area contributed by atoms with Gasteiger partial charge >= 0.3 is 0 Å². The number of nitrogens with one attached hydrogen (secondary N) is 1. The van der Waals surface area contributed by atoms with Crippen molar-refractivity contribution in [3.63, 3.8) is 0 Å². The summed E-state index contributed by atoms with van der Waals surface area (Å²) in [5.41, 5.74) is 3.32. The van der Waals surface area contributed by atoms with Crippen molar-refractivity contribution in [3.05, 3.63) is 87.6 Å². The van der Waals surface area contributed by atoms with E-state index < -0.39 is 0 Å². The van der Waals surface area contributed by atoms with Crippen LogP contribution in [-0.4, -0.2) is 18.7 Å². The first-order chi connectivity index (χ1) is 14.8. The number of hydrogen-bond donors (Lipinski definition) is 1. The fraction of sp³-hybridized carbons (Fsp3) is 0.208. The number of hydrogen-bond acceptors (Lipinski definition) is 6. The monoisotopic (exact) mass is 436 g/mol. The molecule has 1 N–H and O–H groups in total. The molecule has 2 heterocycles. The Morgan fingerprint density at radius 1 is 1.00 bits per heavy atom. The molecule has 0 spiro atoms. The Morgan fingerprint density at radius 2 is 1.87 bits per heavy atom. The molecule has 0 radical (unpaired) electrons. The Labute approximate surface area is 185 Å². The van der Waals surface area contributed by atoms with Gasteiger partial charge < -0.3 is 9.47 Å². The zero-order chi connectivity index (χ0) is 20.8. The van der Waals surface area contributed by atoms with Crippen molar-refractivity contribution >= 4 is 22.7 Å². The van der Waals surface area contributed by atoms with Crippen LogP contribution in [0.4, 0.5) is 0 Å². The smallest absolute Gasteiger partial charge is 0.161 e. The zero-order valence-corrected chi connectivity index (χ0v) is 18.6. The molecule has 30 heavy (non-hydrogen) atoms. The van der Waals surface area contributed by atoms with E-state index in [0.717, 1.165) is 27.8 Å². The standard InChI is InChI=1S/C24H24N2O2S2/c1-3-28-20-12-11-18(14-21(20)27-2)24-26-19(16-30-24)15-25-23(22-10-7-13-29-22)17-8-5-4-6-9-17/h4-14,16,23,25H,3,15H2,1-2H3/t23-/m0/s1. The third-order valence-corrected chi connectivity index (χ3v) is 6.59. The number of benzene rings is 2. The number of thiophene rings is 1. The largest absolute Gasteiger partial charge is 0.493 e. The van der Waals surface area contributed by atoms with Crippen molar-refractivity contribution in [2.75, 3.05) is 13.7 Å². The minimum absolute atomic E-state index is 0.155. The molecular formula is C24H24N2O2S2. The van der Waals surface area contributed by atoms with Crippen LogP contribution in [0.15, 0.2) is 71.4 Å². The van der Waals surface area contributed by atoms with Crippen LogP contribution < -0.4 is 14.8 Å². The topological polar surface area (TPSA) is 43.4 Å². The molecule has 0 unspecified atom stereocenters. The fourth-order valence-electron chi connectivity index (χ4n) is 3.29. The SMILES string of the molecule is CCOc1ccc(-c2nc(CN[C@@H](c3ccccc3)c3cccs3)cs2)cc1OC. The van der Waals surface area contributed by atoms with E-state index in [0.29, 0.717) is 13.2 Å². The van der Waals surface area contributed by atoms with Crippen LogP contribution in [0.2, 0.25) is 0 Å². The predicted octanol–water partition coefficient (Wildman–Crippen LogP) is 6.16. The molecule has 0 aliphatic carbocycles. The Hall–Kier alpha value is -2.67. The molecule has 0 aliphatic rings. The molecule has 1 atom stereocenters. The van der Waals surface area contributed by atoms with Crippen LogP contribution >= 0.6 is 22.7 Å². The summed E-state index contributed by atoms with van der Waals surface area (Å²) in [5, 5.41) is 8.88. The van der Waals surface area contributed by atoms with E-state index in [2.05, 4.69) is 52.5 Å². The highest BCUT2D eigenvalue weighted by atomic mass is 32.1. The maximum atomic E-state index is 5.62. The molecule has 0 bridgehead atoms. The van der Waals surface area contributed by atoms with E-state index in [-0.39, 0.29) is 6.04 Å². The first-order valence-electron chi connectivity index (χ1n) is 9.86. The molecule has 0 aliphatic heterocycles. The van der Waals surface area contributed by atoms with E-state index in [4.69, 9.17) is 14.5 Å². The highest BCUT2D eigenvalue weighted by molar-refractivity contribution is 7.13. The molecule has 0 saturated heterocycles. The molecule has 4 aromatic rings. The summed E-state index contributed by atoms with van der Waals surface area (Å²) in [7, 11) is 1.66. The minimum Gasteiger partial charge on any atom is -0.493 e. The van der Waals surface area contributed by atoms with Gasteiger partial charge in [-0.05, 0) is 42.1 Å². The summed E-state index contributed by atoms with van der Waals surface area (Å²) in [5.74, 6) is 1.48. The number of aromatic nitrogens is 1. The highest BCUT2D eigenvalue weighted by Gasteiger charge is 2.16. The number of thiazole rings is 1. The molecular weight excluding hydrogens is 412 g/mol. The molecule has 0 saturated carbocycles. The van der Waals surface area contributed by atoms with Crippen molar-refractivity contribution in [3.8, 4) is 22.1 Å². The zero-order valence-electron chi connectivity index (χ0n) is 17.0. The molecule has 2 aromatic carbocycles. The Morgan fingerprint density at radius 3 is 2.60 bits per heavy atom. The second-order valence-electron chi connectivity index (χ2n) is 6.68. The predicted molar refractivity (Wildman–Crippen MR) is 125 cm³/mol. The van der Waals surface area contributed by atoms with E-state index in [1.807, 2.05) is 31.2 Å². The lowest BCUT2D eigenvalue weighted by molar-refractivity contribution is 0.311. The van der Waals surface area contributed by atoms with Gasteiger partial charge in [-0.25, -0.2) is 4.98 Å². The van der Waals surface area contributed by atoms with Crippen LogP contribution in [0.25, 0.3) is 10.6 Å². The highest BCUT2D eigenvalue weighted by Crippen LogP contribution is 2.34. The van der Waals surface area contributed by atoms with Gasteiger partial charge in [0.25, 0.3) is 0 Å². The van der Waals surface area contributed by atoms with E-state index >= 15 is 0 Å². The number of methoxy groups -OCH3 is 1. The number of rotatable bonds is 9. The number of nitrogens with zero attached hydrogens (tertiary/aromatic N) is 1. The average molecular weight is 437 g/mol. The lowest BCUT2D eigenvalue weighted by atomic mass is 10.1. The van der Waals surface area contributed by atoms with Crippen molar-refractivity contribution < 1.29 is 9.47 Å². The second-order valence-corrected chi connectivity index (χ2v) is 8.52. The van der Waals surface area contributed by atoms with E-state index in [1.165, 1.54) is 10.4 Å². The minimum atomic E-state index is 0.155. The van der Waals surface area contributed by atoms with Gasteiger partial charge in [0, 0.05) is 22.4 Å². The van der Waals surface area contributed by atoms with Gasteiger partial charge in [-0.2, -0.15) is 0 Å². The van der Waals surface area contributed by atoms with Gasteiger partial charge in [0.1, 0.15) is 5.01 Å². The van der Waals surface area contributed by atoms with Crippen LogP contribution in [0.1, 0.15) is 29.1 Å². The van der Waals surface area contributed by atoms with Crippen LogP contribution in [-0.2, 0) is 6.54 Å². The second kappa shape index (κ2) is 9.89. The van der Waals surface area contributed by atoms with E-state index in [1.54, 1.807) is 29.8 Å². The van der Waals surface area contributed by atoms with Crippen LogP contribution in [0, 0.1) is 0 Å². The summed E-state index contributed by atoms with van der Waals surface area (Å²) >= 11 is 3.41. The molecule has 6 heteroatoms.